The molecule has 0 spiro atoms. The topological polar surface area (TPSA) is 81.1 Å². The van der Waals surface area contributed by atoms with Crippen LogP contribution in [0.2, 0.25) is 0 Å². The number of fused-ring (bicyclic) bond motifs is 1. The van der Waals surface area contributed by atoms with Crippen molar-refractivity contribution in [2.45, 2.75) is 25.9 Å². The van der Waals surface area contributed by atoms with Gasteiger partial charge in [0.15, 0.2) is 5.16 Å². The maximum atomic E-state index is 13.2. The summed E-state index contributed by atoms with van der Waals surface area (Å²) in [6.07, 6.45) is 0. The minimum absolute atomic E-state index is 0.0408. The molecule has 0 fully saturated rings. The van der Waals surface area contributed by atoms with Gasteiger partial charge in [0.05, 0.1) is 22.3 Å². The number of sulfonamides is 1. The number of aryl methyl sites for hydroxylation is 2. The zero-order valence-corrected chi connectivity index (χ0v) is 17.7. The number of rotatable bonds is 7. The van der Waals surface area contributed by atoms with Gasteiger partial charge in [-0.3, -0.25) is 9.36 Å². The Labute approximate surface area is 169 Å². The van der Waals surface area contributed by atoms with Crippen molar-refractivity contribution in [2.24, 2.45) is 0 Å². The Hall–Kier alpha value is -2.16. The highest BCUT2D eigenvalue weighted by Crippen LogP contribution is 2.23. The number of thioether (sulfide) groups is 1. The van der Waals surface area contributed by atoms with Crippen LogP contribution < -0.4 is 10.3 Å². The minimum Gasteiger partial charge on any atom is -0.268 e. The fourth-order valence-corrected chi connectivity index (χ4v) is 4.53. The molecule has 0 amide bonds. The molecule has 8 heteroatoms. The quantitative estimate of drug-likeness (QED) is 0.363. The molecule has 1 N–H and O–H groups in total. The number of benzene rings is 2. The Morgan fingerprint density at radius 1 is 1.14 bits per heavy atom. The van der Waals surface area contributed by atoms with E-state index in [0.29, 0.717) is 21.8 Å². The molecule has 28 heavy (non-hydrogen) atoms. The number of hydrogen-bond acceptors (Lipinski definition) is 5. The van der Waals surface area contributed by atoms with Crippen LogP contribution in [0, 0.1) is 13.8 Å². The van der Waals surface area contributed by atoms with Gasteiger partial charge in [0.25, 0.3) is 5.56 Å². The van der Waals surface area contributed by atoms with Gasteiger partial charge < -0.3 is 0 Å². The molecule has 0 saturated carbocycles. The molecule has 0 aliphatic carbocycles. The van der Waals surface area contributed by atoms with E-state index in [9.17, 15) is 13.2 Å². The second-order valence-corrected chi connectivity index (χ2v) is 9.65. The monoisotopic (exact) mass is 417 g/mol. The number of hydrogen-bond donors (Lipinski definition) is 1. The van der Waals surface area contributed by atoms with Crippen LogP contribution in [-0.2, 0) is 10.0 Å². The lowest BCUT2D eigenvalue weighted by Gasteiger charge is -2.15. The molecular formula is C20H23N3O3S2. The van der Waals surface area contributed by atoms with Crippen molar-refractivity contribution in [1.82, 2.24) is 14.3 Å². The van der Waals surface area contributed by atoms with Gasteiger partial charge >= 0.3 is 0 Å². The maximum absolute atomic E-state index is 13.2. The second-order valence-electron chi connectivity index (χ2n) is 6.49. The molecule has 2 aromatic carbocycles. The Bertz CT molecular complexity index is 1170. The van der Waals surface area contributed by atoms with E-state index >= 15 is 0 Å². The Balaban J connectivity index is 2.03. The Morgan fingerprint density at radius 3 is 2.61 bits per heavy atom. The van der Waals surface area contributed by atoms with Crippen LogP contribution >= 0.6 is 11.8 Å². The summed E-state index contributed by atoms with van der Waals surface area (Å²) in [6.45, 7) is 5.84. The van der Waals surface area contributed by atoms with Crippen molar-refractivity contribution in [3.8, 4) is 5.69 Å². The number of nitrogens with one attached hydrogen (secondary N) is 1. The zero-order valence-electron chi connectivity index (χ0n) is 16.1. The van der Waals surface area contributed by atoms with Crippen molar-refractivity contribution in [3.63, 3.8) is 0 Å². The molecule has 6 nitrogen and oxygen atoms in total. The third kappa shape index (κ3) is 4.45. The third-order valence-corrected chi connectivity index (χ3v) is 6.72. The van der Waals surface area contributed by atoms with E-state index in [0.717, 1.165) is 16.8 Å². The highest BCUT2D eigenvalue weighted by atomic mass is 32.2. The van der Waals surface area contributed by atoms with E-state index in [1.165, 1.54) is 11.8 Å². The van der Waals surface area contributed by atoms with E-state index in [-0.39, 0.29) is 17.9 Å². The molecule has 3 aromatic rings. The van der Waals surface area contributed by atoms with Crippen molar-refractivity contribution in [3.05, 3.63) is 63.9 Å². The van der Waals surface area contributed by atoms with Gasteiger partial charge in [-0.2, -0.15) is 0 Å². The van der Waals surface area contributed by atoms with E-state index in [1.54, 1.807) is 17.6 Å². The summed E-state index contributed by atoms with van der Waals surface area (Å²) in [4.78, 5) is 17.9. The number of aromatic nitrogens is 2. The molecule has 0 aliphatic rings. The van der Waals surface area contributed by atoms with E-state index in [2.05, 4.69) is 9.71 Å². The van der Waals surface area contributed by atoms with Gasteiger partial charge in [-0.25, -0.2) is 18.1 Å². The summed E-state index contributed by atoms with van der Waals surface area (Å²) < 4.78 is 27.4. The van der Waals surface area contributed by atoms with Gasteiger partial charge in [0, 0.05) is 12.3 Å². The van der Waals surface area contributed by atoms with Crippen LogP contribution in [0.5, 0.6) is 0 Å². The Kier molecular flexibility index (Phi) is 6.22. The summed E-state index contributed by atoms with van der Waals surface area (Å²) in [5.41, 5.74) is 3.38. The van der Waals surface area contributed by atoms with Crippen molar-refractivity contribution in [1.29, 1.82) is 0 Å². The summed E-state index contributed by atoms with van der Waals surface area (Å²) in [6, 6.07) is 13.2. The average Bonchev–Trinajstić information content (AvgIpc) is 2.66. The maximum Gasteiger partial charge on any atom is 0.266 e. The zero-order chi connectivity index (χ0) is 20.3. The van der Waals surface area contributed by atoms with E-state index in [4.69, 9.17) is 0 Å². The first-order chi connectivity index (χ1) is 13.3. The first-order valence-corrected chi connectivity index (χ1v) is 11.7. The van der Waals surface area contributed by atoms with Crippen LogP contribution in [0.1, 0.15) is 18.1 Å². The molecule has 0 saturated heterocycles. The largest absolute Gasteiger partial charge is 0.268 e. The predicted molar refractivity (Wildman–Crippen MR) is 115 cm³/mol. The van der Waals surface area contributed by atoms with Crippen LogP contribution in [0.15, 0.2) is 52.4 Å². The van der Waals surface area contributed by atoms with Gasteiger partial charge in [-0.05, 0) is 44.5 Å². The number of nitrogens with zero attached hydrogens (tertiary/aromatic N) is 2. The summed E-state index contributed by atoms with van der Waals surface area (Å²) in [5.74, 6) is 0.508. The van der Waals surface area contributed by atoms with Crippen molar-refractivity contribution < 1.29 is 8.42 Å². The molecule has 3 rings (SSSR count). The number of para-hydroxylation sites is 1. The molecule has 0 bridgehead atoms. The first-order valence-electron chi connectivity index (χ1n) is 9.02. The normalized spacial score (nSPS) is 11.8. The summed E-state index contributed by atoms with van der Waals surface area (Å²) in [7, 11) is -3.24. The van der Waals surface area contributed by atoms with Gasteiger partial charge in [-0.1, -0.05) is 41.6 Å². The minimum atomic E-state index is -3.24. The fourth-order valence-electron chi connectivity index (χ4n) is 2.92. The summed E-state index contributed by atoms with van der Waals surface area (Å²) in [5, 5.41) is 1.10. The third-order valence-electron chi connectivity index (χ3n) is 4.37. The Morgan fingerprint density at radius 2 is 1.89 bits per heavy atom. The molecular weight excluding hydrogens is 394 g/mol. The molecule has 0 atom stereocenters. The lowest BCUT2D eigenvalue weighted by molar-refractivity contribution is 0.585. The lowest BCUT2D eigenvalue weighted by atomic mass is 10.1. The molecule has 0 unspecified atom stereocenters. The van der Waals surface area contributed by atoms with Crippen LogP contribution in [0.3, 0.4) is 0 Å². The van der Waals surface area contributed by atoms with Gasteiger partial charge in [0.1, 0.15) is 0 Å². The van der Waals surface area contributed by atoms with Gasteiger partial charge in [-0.15, -0.1) is 0 Å². The van der Waals surface area contributed by atoms with E-state index in [1.807, 2.05) is 50.2 Å². The lowest BCUT2D eigenvalue weighted by Crippen LogP contribution is -2.28. The molecule has 1 aromatic heterocycles. The highest BCUT2D eigenvalue weighted by Gasteiger charge is 2.15. The highest BCUT2D eigenvalue weighted by molar-refractivity contribution is 7.99. The van der Waals surface area contributed by atoms with Crippen LogP contribution in [0.25, 0.3) is 16.6 Å². The second kappa shape index (κ2) is 8.46. The molecule has 0 aliphatic heterocycles. The van der Waals surface area contributed by atoms with Crippen molar-refractivity contribution in [2.75, 3.05) is 18.1 Å². The molecule has 1 heterocycles. The van der Waals surface area contributed by atoms with Crippen LogP contribution in [-0.4, -0.2) is 36.0 Å². The summed E-state index contributed by atoms with van der Waals surface area (Å²) >= 11 is 1.36. The van der Waals surface area contributed by atoms with Gasteiger partial charge in [0.2, 0.25) is 10.0 Å². The molecule has 0 radical (unpaired) electrons. The fraction of sp³-hybridized carbons (Fsp3) is 0.300. The SMILES string of the molecule is CCS(=O)(=O)NCCSc1nc2ccccc2c(=O)n1-c1ccc(C)cc1C. The predicted octanol–water partition coefficient (Wildman–Crippen LogP) is 3.03. The smallest absolute Gasteiger partial charge is 0.266 e. The average molecular weight is 418 g/mol. The standard InChI is InChI=1S/C20H23N3O3S2/c1-4-28(25,26)21-11-12-27-20-22-17-8-6-5-7-16(17)19(24)23(20)18-10-9-14(2)13-15(18)3/h5-10,13,21H,4,11-12H2,1-3H3. The van der Waals surface area contributed by atoms with Crippen molar-refractivity contribution >= 4 is 32.7 Å². The van der Waals surface area contributed by atoms with Crippen LogP contribution in [0.4, 0.5) is 0 Å². The molecule has 148 valence electrons. The first kappa shape index (κ1) is 20.6. The van der Waals surface area contributed by atoms with E-state index < -0.39 is 10.0 Å².